The van der Waals surface area contributed by atoms with Crippen molar-refractivity contribution < 1.29 is 19.1 Å². The zero-order valence-corrected chi connectivity index (χ0v) is 19.5. The van der Waals surface area contributed by atoms with E-state index in [1.807, 2.05) is 36.5 Å². The lowest BCUT2D eigenvalue weighted by atomic mass is 10.1. The number of thiophene rings is 1. The van der Waals surface area contributed by atoms with Crippen LogP contribution in [0.25, 0.3) is 10.6 Å². The highest BCUT2D eigenvalue weighted by Crippen LogP contribution is 2.28. The highest BCUT2D eigenvalue weighted by Gasteiger charge is 2.44. The van der Waals surface area contributed by atoms with Gasteiger partial charge in [0, 0.05) is 19.6 Å². The van der Waals surface area contributed by atoms with E-state index in [-0.39, 0.29) is 12.2 Å². The zero-order valence-electron chi connectivity index (χ0n) is 18.6. The molecular formula is C23H25N5O4S. The number of methoxy groups -OCH3 is 1. The maximum Gasteiger partial charge on any atom is 0.280 e. The SMILES string of the molecule is COc1ccc(CN2C(=O)c3cc(-c4cccs4)nn3C(=O)C2C(=O)NCCN(C)C)cc1. The average Bonchev–Trinajstić information content (AvgIpc) is 3.48. The molecule has 33 heavy (non-hydrogen) atoms. The van der Waals surface area contributed by atoms with Crippen LogP contribution in [0.3, 0.4) is 0 Å². The zero-order chi connectivity index (χ0) is 23.5. The Morgan fingerprint density at radius 1 is 1.21 bits per heavy atom. The Balaban J connectivity index is 1.68. The number of ether oxygens (including phenoxy) is 1. The van der Waals surface area contributed by atoms with Crippen LogP contribution in [-0.4, -0.2) is 77.6 Å². The van der Waals surface area contributed by atoms with Gasteiger partial charge in [0.25, 0.3) is 17.7 Å². The number of benzene rings is 1. The first-order valence-electron chi connectivity index (χ1n) is 10.4. The van der Waals surface area contributed by atoms with Gasteiger partial charge in [0.05, 0.1) is 12.0 Å². The fourth-order valence-electron chi connectivity index (χ4n) is 3.60. The maximum atomic E-state index is 13.5. The van der Waals surface area contributed by atoms with Gasteiger partial charge in [-0.25, -0.2) is 0 Å². The summed E-state index contributed by atoms with van der Waals surface area (Å²) < 4.78 is 6.26. The molecule has 0 saturated carbocycles. The largest absolute Gasteiger partial charge is 0.497 e. The van der Waals surface area contributed by atoms with Crippen molar-refractivity contribution in [3.05, 3.63) is 59.1 Å². The second-order valence-electron chi connectivity index (χ2n) is 7.92. The summed E-state index contributed by atoms with van der Waals surface area (Å²) in [7, 11) is 5.35. The third kappa shape index (κ3) is 4.67. The molecule has 1 atom stereocenters. The number of hydrogen-bond acceptors (Lipinski definition) is 7. The molecule has 3 heterocycles. The van der Waals surface area contributed by atoms with E-state index in [1.54, 1.807) is 37.4 Å². The van der Waals surface area contributed by atoms with Crippen molar-refractivity contribution in [2.24, 2.45) is 0 Å². The van der Waals surface area contributed by atoms with Gasteiger partial charge in [0.15, 0.2) is 6.04 Å². The molecule has 10 heteroatoms. The lowest BCUT2D eigenvalue weighted by molar-refractivity contribution is -0.124. The molecule has 1 aromatic carbocycles. The van der Waals surface area contributed by atoms with Crippen molar-refractivity contribution in [1.29, 1.82) is 0 Å². The van der Waals surface area contributed by atoms with Crippen LogP contribution in [0.2, 0.25) is 0 Å². The fraction of sp³-hybridized carbons (Fsp3) is 0.304. The summed E-state index contributed by atoms with van der Waals surface area (Å²) in [6, 6.07) is 11.2. The van der Waals surface area contributed by atoms with E-state index >= 15 is 0 Å². The molecule has 1 aliphatic heterocycles. The number of likely N-dealkylation sites (N-methyl/N-ethyl adjacent to an activating group) is 1. The Morgan fingerprint density at radius 3 is 2.61 bits per heavy atom. The molecule has 0 aliphatic carbocycles. The Labute approximate surface area is 195 Å². The highest BCUT2D eigenvalue weighted by atomic mass is 32.1. The lowest BCUT2D eigenvalue weighted by Crippen LogP contribution is -2.59. The quantitative estimate of drug-likeness (QED) is 0.509. The van der Waals surface area contributed by atoms with E-state index in [2.05, 4.69) is 10.4 Å². The number of hydrogen-bond donors (Lipinski definition) is 1. The molecule has 0 bridgehead atoms. The van der Waals surface area contributed by atoms with Crippen molar-refractivity contribution in [3.63, 3.8) is 0 Å². The first-order valence-corrected chi connectivity index (χ1v) is 11.3. The maximum absolute atomic E-state index is 13.5. The summed E-state index contributed by atoms with van der Waals surface area (Å²) in [5.74, 6) is -0.823. The van der Waals surface area contributed by atoms with E-state index in [9.17, 15) is 14.4 Å². The van der Waals surface area contributed by atoms with E-state index < -0.39 is 23.8 Å². The van der Waals surface area contributed by atoms with Gasteiger partial charge in [-0.2, -0.15) is 9.78 Å². The normalized spacial score (nSPS) is 15.6. The monoisotopic (exact) mass is 467 g/mol. The Bertz CT molecular complexity index is 1150. The number of carbonyl (C=O) groups is 3. The Hall–Kier alpha value is -3.50. The van der Waals surface area contributed by atoms with Gasteiger partial charge in [-0.15, -0.1) is 11.3 Å². The topological polar surface area (TPSA) is 96.8 Å². The molecule has 0 saturated heterocycles. The molecule has 0 radical (unpaired) electrons. The van der Waals surface area contributed by atoms with E-state index in [0.29, 0.717) is 24.5 Å². The molecule has 2 amide bonds. The second kappa shape index (κ2) is 9.55. The average molecular weight is 468 g/mol. The predicted molar refractivity (Wildman–Crippen MR) is 124 cm³/mol. The molecule has 3 aromatic rings. The summed E-state index contributed by atoms with van der Waals surface area (Å²) in [5.41, 5.74) is 1.45. The van der Waals surface area contributed by atoms with Crippen molar-refractivity contribution in [1.82, 2.24) is 24.9 Å². The minimum absolute atomic E-state index is 0.0971. The number of amides is 2. The minimum Gasteiger partial charge on any atom is -0.497 e. The molecule has 1 unspecified atom stereocenters. The number of nitrogens with zero attached hydrogens (tertiary/aromatic N) is 4. The summed E-state index contributed by atoms with van der Waals surface area (Å²) >= 11 is 1.46. The van der Waals surface area contributed by atoms with E-state index in [1.165, 1.54) is 16.2 Å². The van der Waals surface area contributed by atoms with Gasteiger partial charge < -0.3 is 19.9 Å². The van der Waals surface area contributed by atoms with Crippen molar-refractivity contribution in [3.8, 4) is 16.3 Å². The number of rotatable bonds is 8. The fourth-order valence-corrected chi connectivity index (χ4v) is 4.28. The standard InChI is InChI=1S/C23H25N5O4S/c1-26(2)11-10-24-21(29)20-23(31)28-18(13-17(25-28)19-5-4-12-33-19)22(30)27(20)14-15-6-8-16(32-3)9-7-15/h4-9,12-13,20H,10-11,14H2,1-3H3,(H,24,29). The summed E-state index contributed by atoms with van der Waals surface area (Å²) in [5, 5.41) is 9.03. The molecule has 172 valence electrons. The van der Waals surface area contributed by atoms with Crippen molar-refractivity contribution >= 4 is 29.1 Å². The Morgan fingerprint density at radius 2 is 1.97 bits per heavy atom. The summed E-state index contributed by atoms with van der Waals surface area (Å²) in [4.78, 5) is 44.0. The highest BCUT2D eigenvalue weighted by molar-refractivity contribution is 7.13. The molecular weight excluding hydrogens is 442 g/mol. The summed E-state index contributed by atoms with van der Waals surface area (Å²) in [6.07, 6.45) is 0. The van der Waals surface area contributed by atoms with Gasteiger partial charge in [0.2, 0.25) is 0 Å². The van der Waals surface area contributed by atoms with Gasteiger partial charge >= 0.3 is 0 Å². The van der Waals surface area contributed by atoms with Crippen molar-refractivity contribution in [2.45, 2.75) is 12.6 Å². The van der Waals surface area contributed by atoms with Crippen LogP contribution in [-0.2, 0) is 11.3 Å². The van der Waals surface area contributed by atoms with E-state index in [4.69, 9.17) is 4.74 Å². The molecule has 0 fully saturated rings. The summed E-state index contributed by atoms with van der Waals surface area (Å²) in [6.45, 7) is 1.06. The van der Waals surface area contributed by atoms with Crippen LogP contribution in [0.1, 0.15) is 20.8 Å². The first-order chi connectivity index (χ1) is 15.9. The molecule has 0 spiro atoms. The Kier molecular flexibility index (Phi) is 6.57. The molecule has 1 aliphatic rings. The van der Waals surface area contributed by atoms with Crippen LogP contribution in [0.5, 0.6) is 5.75 Å². The van der Waals surface area contributed by atoms with Gasteiger partial charge in [-0.1, -0.05) is 18.2 Å². The smallest absolute Gasteiger partial charge is 0.280 e. The molecule has 2 aromatic heterocycles. The van der Waals surface area contributed by atoms with Crippen LogP contribution >= 0.6 is 11.3 Å². The van der Waals surface area contributed by atoms with Gasteiger partial charge in [0.1, 0.15) is 17.1 Å². The predicted octanol–water partition coefficient (Wildman–Crippen LogP) is 1.96. The van der Waals surface area contributed by atoms with Crippen LogP contribution < -0.4 is 10.1 Å². The first kappa shape index (κ1) is 22.7. The third-order valence-electron chi connectivity index (χ3n) is 5.34. The second-order valence-corrected chi connectivity index (χ2v) is 8.87. The number of carbonyl (C=O) groups excluding carboxylic acids is 3. The van der Waals surface area contributed by atoms with Crippen LogP contribution in [0, 0.1) is 0 Å². The lowest BCUT2D eigenvalue weighted by Gasteiger charge is -2.33. The minimum atomic E-state index is -1.31. The molecule has 4 rings (SSSR count). The molecule has 1 N–H and O–H groups in total. The van der Waals surface area contributed by atoms with Gasteiger partial charge in [-0.05, 0) is 49.3 Å². The molecule has 9 nitrogen and oxygen atoms in total. The van der Waals surface area contributed by atoms with Crippen LogP contribution in [0.4, 0.5) is 0 Å². The van der Waals surface area contributed by atoms with Crippen molar-refractivity contribution in [2.75, 3.05) is 34.3 Å². The van der Waals surface area contributed by atoms with Gasteiger partial charge in [-0.3, -0.25) is 14.4 Å². The number of fused-ring (bicyclic) bond motifs is 1. The van der Waals surface area contributed by atoms with Crippen LogP contribution in [0.15, 0.2) is 47.8 Å². The number of aromatic nitrogens is 2. The third-order valence-corrected chi connectivity index (χ3v) is 6.23. The van der Waals surface area contributed by atoms with E-state index in [0.717, 1.165) is 15.1 Å². The number of nitrogens with one attached hydrogen (secondary N) is 1.